The Morgan fingerprint density at radius 1 is 0.745 bits per heavy atom. The van der Waals surface area contributed by atoms with E-state index in [1.807, 2.05) is 0 Å². The summed E-state index contributed by atoms with van der Waals surface area (Å²) in [6, 6.07) is 0. The third kappa shape index (κ3) is 12.8. The maximum atomic E-state index is 12.9. The molecule has 0 N–H and O–H groups in total. The average Bonchev–Trinajstić information content (AvgIpc) is 3.46. The fourth-order valence-corrected chi connectivity index (χ4v) is 12.0. The molecule has 0 aromatic carbocycles. The van der Waals surface area contributed by atoms with Crippen molar-refractivity contribution in [1.29, 1.82) is 0 Å². The standard InChI is InChI=1S/C49H86O2/c1-7-8-9-10-11-12-13-14-15-16-17-18-19-20-21-22-23-24-25-29-47(50)51-42-34-36-48(5)41(38-42)30-31-43-45-33-32-44(40(4)28-26-27-39(2)3)49(45,6)37-35-46(43)48/h14-15,30,39-40,42-46H,7-13,16-29,31-38H2,1-6H3/b15-14+/t40?,42-,43?,44+,45?,46?,48-,49+/m0/s1. The first-order valence-electron chi connectivity index (χ1n) is 23.2. The molecule has 51 heavy (non-hydrogen) atoms. The van der Waals surface area contributed by atoms with Crippen molar-refractivity contribution in [3.8, 4) is 0 Å². The highest BCUT2D eigenvalue weighted by molar-refractivity contribution is 5.69. The molecule has 294 valence electrons. The fraction of sp³-hybridized carbons (Fsp3) is 0.898. The van der Waals surface area contributed by atoms with Crippen molar-refractivity contribution >= 4 is 5.97 Å². The molecule has 4 rings (SSSR count). The lowest BCUT2D eigenvalue weighted by Gasteiger charge is -2.58. The molecule has 0 heterocycles. The molecule has 2 heteroatoms. The third-order valence-corrected chi connectivity index (χ3v) is 15.2. The Balaban J connectivity index is 1.04. The monoisotopic (exact) mass is 707 g/mol. The molecule has 0 aromatic rings. The van der Waals surface area contributed by atoms with Crippen molar-refractivity contribution in [2.45, 2.75) is 234 Å². The molecule has 3 saturated carbocycles. The molecule has 4 unspecified atom stereocenters. The first-order valence-corrected chi connectivity index (χ1v) is 23.2. The molecule has 2 nitrogen and oxygen atoms in total. The summed E-state index contributed by atoms with van der Waals surface area (Å²) in [4.78, 5) is 12.9. The number of ether oxygens (including phenoxy) is 1. The van der Waals surface area contributed by atoms with E-state index in [1.165, 1.54) is 161 Å². The largest absolute Gasteiger partial charge is 0.462 e. The van der Waals surface area contributed by atoms with Gasteiger partial charge in [-0.2, -0.15) is 0 Å². The summed E-state index contributed by atoms with van der Waals surface area (Å²) in [5.41, 5.74) is 2.53. The van der Waals surface area contributed by atoms with Crippen LogP contribution >= 0.6 is 0 Å². The van der Waals surface area contributed by atoms with Gasteiger partial charge in [-0.3, -0.25) is 4.79 Å². The van der Waals surface area contributed by atoms with E-state index >= 15 is 0 Å². The molecule has 0 radical (unpaired) electrons. The van der Waals surface area contributed by atoms with Gasteiger partial charge in [0.1, 0.15) is 6.10 Å². The second kappa shape index (κ2) is 22.4. The minimum atomic E-state index is 0.0619. The Morgan fingerprint density at radius 2 is 1.37 bits per heavy atom. The van der Waals surface area contributed by atoms with Crippen LogP contribution in [0.1, 0.15) is 228 Å². The molecule has 0 amide bonds. The highest BCUT2D eigenvalue weighted by Crippen LogP contribution is 2.67. The number of esters is 1. The number of carbonyl (C=O) groups excluding carboxylic acids is 1. The Hall–Kier alpha value is -1.05. The van der Waals surface area contributed by atoms with Crippen LogP contribution in [0.25, 0.3) is 0 Å². The summed E-state index contributed by atoms with van der Waals surface area (Å²) in [5.74, 6) is 5.32. The molecule has 0 spiro atoms. The summed E-state index contributed by atoms with van der Waals surface area (Å²) >= 11 is 0. The molecule has 4 aliphatic carbocycles. The number of rotatable bonds is 25. The summed E-state index contributed by atoms with van der Waals surface area (Å²) < 4.78 is 6.15. The molecule has 0 aromatic heterocycles. The zero-order valence-corrected chi connectivity index (χ0v) is 35.1. The van der Waals surface area contributed by atoms with Gasteiger partial charge in [-0.1, -0.05) is 162 Å². The van der Waals surface area contributed by atoms with Crippen molar-refractivity contribution in [1.82, 2.24) is 0 Å². The van der Waals surface area contributed by atoms with Gasteiger partial charge in [0.2, 0.25) is 0 Å². The maximum Gasteiger partial charge on any atom is 0.306 e. The van der Waals surface area contributed by atoms with Crippen molar-refractivity contribution in [3.05, 3.63) is 23.8 Å². The Labute approximate surface area is 318 Å². The van der Waals surface area contributed by atoms with Gasteiger partial charge in [-0.25, -0.2) is 0 Å². The molecule has 0 aliphatic heterocycles. The van der Waals surface area contributed by atoms with Crippen molar-refractivity contribution in [2.75, 3.05) is 0 Å². The van der Waals surface area contributed by atoms with E-state index in [-0.39, 0.29) is 12.1 Å². The molecule has 4 aliphatic rings. The minimum absolute atomic E-state index is 0.0619. The first kappa shape index (κ1) is 42.7. The number of fused-ring (bicyclic) bond motifs is 5. The van der Waals surface area contributed by atoms with E-state index in [0.29, 0.717) is 17.3 Å². The van der Waals surface area contributed by atoms with E-state index < -0.39 is 0 Å². The SMILES string of the molecule is CCCCCCCC/C=C/CCCCCCCCCCCC(=O)O[C@H]1CC[C@@]2(C)C(=CCC3C2CC[C@@]2(C)C3CC[C@@H]2C(C)CCCC(C)C)C1. The van der Waals surface area contributed by atoms with Crippen LogP contribution in [0.4, 0.5) is 0 Å². The van der Waals surface area contributed by atoms with E-state index in [9.17, 15) is 4.79 Å². The molecule has 3 fully saturated rings. The van der Waals surface area contributed by atoms with Gasteiger partial charge < -0.3 is 4.74 Å². The van der Waals surface area contributed by atoms with E-state index in [2.05, 4.69) is 59.8 Å². The van der Waals surface area contributed by atoms with Gasteiger partial charge in [-0.05, 0) is 123 Å². The van der Waals surface area contributed by atoms with Crippen LogP contribution in [0, 0.1) is 46.3 Å². The second-order valence-corrected chi connectivity index (χ2v) is 19.4. The average molecular weight is 707 g/mol. The van der Waals surface area contributed by atoms with Crippen molar-refractivity contribution in [3.63, 3.8) is 0 Å². The molecular formula is C49H86O2. The fourth-order valence-electron chi connectivity index (χ4n) is 12.0. The lowest BCUT2D eigenvalue weighted by Crippen LogP contribution is -2.51. The quantitative estimate of drug-likeness (QED) is 0.0537. The van der Waals surface area contributed by atoms with Crippen LogP contribution in [0.3, 0.4) is 0 Å². The Kier molecular flexibility index (Phi) is 18.7. The zero-order chi connectivity index (χ0) is 36.5. The number of hydrogen-bond acceptors (Lipinski definition) is 2. The molecular weight excluding hydrogens is 621 g/mol. The topological polar surface area (TPSA) is 26.3 Å². The van der Waals surface area contributed by atoms with Crippen LogP contribution < -0.4 is 0 Å². The molecule has 0 saturated heterocycles. The highest BCUT2D eigenvalue weighted by atomic mass is 16.5. The van der Waals surface area contributed by atoms with Crippen molar-refractivity contribution in [2.24, 2.45) is 46.3 Å². The first-order chi connectivity index (χ1) is 24.7. The van der Waals surface area contributed by atoms with Gasteiger partial charge in [0.05, 0.1) is 0 Å². The van der Waals surface area contributed by atoms with E-state index in [0.717, 1.165) is 54.8 Å². The Bertz CT molecular complexity index is 1040. The number of unbranched alkanes of at least 4 members (excludes halogenated alkanes) is 15. The van der Waals surface area contributed by atoms with E-state index in [4.69, 9.17) is 4.74 Å². The summed E-state index contributed by atoms with van der Waals surface area (Å²) in [6.07, 6.45) is 45.4. The number of carbonyl (C=O) groups is 1. The normalized spacial score (nSPS) is 31.0. The zero-order valence-electron chi connectivity index (χ0n) is 35.1. The van der Waals surface area contributed by atoms with Crippen LogP contribution in [0.15, 0.2) is 23.8 Å². The van der Waals surface area contributed by atoms with Crippen LogP contribution in [-0.4, -0.2) is 12.1 Å². The van der Waals surface area contributed by atoms with Crippen LogP contribution in [0.2, 0.25) is 0 Å². The predicted octanol–water partition coefficient (Wildman–Crippen LogP) is 15.5. The van der Waals surface area contributed by atoms with E-state index in [1.54, 1.807) is 5.57 Å². The Morgan fingerprint density at radius 3 is 2.02 bits per heavy atom. The second-order valence-electron chi connectivity index (χ2n) is 19.4. The number of allylic oxidation sites excluding steroid dienone is 3. The van der Waals surface area contributed by atoms with Gasteiger partial charge >= 0.3 is 5.97 Å². The predicted molar refractivity (Wildman–Crippen MR) is 221 cm³/mol. The molecule has 8 atom stereocenters. The summed E-state index contributed by atoms with van der Waals surface area (Å²) in [7, 11) is 0. The van der Waals surface area contributed by atoms with Gasteiger partial charge in [0, 0.05) is 12.8 Å². The van der Waals surface area contributed by atoms with Crippen molar-refractivity contribution < 1.29 is 9.53 Å². The minimum Gasteiger partial charge on any atom is -0.462 e. The lowest BCUT2D eigenvalue weighted by molar-refractivity contribution is -0.151. The lowest BCUT2D eigenvalue weighted by atomic mass is 9.47. The third-order valence-electron chi connectivity index (χ3n) is 15.2. The smallest absolute Gasteiger partial charge is 0.306 e. The summed E-state index contributed by atoms with van der Waals surface area (Å²) in [5, 5.41) is 0. The highest BCUT2D eigenvalue weighted by Gasteiger charge is 2.59. The summed E-state index contributed by atoms with van der Waals surface area (Å²) in [6.45, 7) is 15.0. The van der Waals surface area contributed by atoms with Gasteiger partial charge in [-0.15, -0.1) is 0 Å². The maximum absolute atomic E-state index is 12.9. The van der Waals surface area contributed by atoms with Crippen LogP contribution in [0.5, 0.6) is 0 Å². The molecule has 0 bridgehead atoms. The van der Waals surface area contributed by atoms with Crippen LogP contribution in [-0.2, 0) is 9.53 Å². The number of hydrogen-bond donors (Lipinski definition) is 0. The van der Waals surface area contributed by atoms with Gasteiger partial charge in [0.15, 0.2) is 0 Å². The van der Waals surface area contributed by atoms with Gasteiger partial charge in [0.25, 0.3) is 0 Å².